The van der Waals surface area contributed by atoms with Crippen molar-refractivity contribution < 1.29 is 9.47 Å². The minimum Gasteiger partial charge on any atom is -0.352 e. The lowest BCUT2D eigenvalue weighted by atomic mass is 10.1. The van der Waals surface area contributed by atoms with E-state index in [1.165, 1.54) is 0 Å². The van der Waals surface area contributed by atoms with Gasteiger partial charge in [0.25, 0.3) is 0 Å². The van der Waals surface area contributed by atoms with E-state index in [0.29, 0.717) is 6.79 Å². The molecule has 2 fully saturated rings. The van der Waals surface area contributed by atoms with Crippen LogP contribution in [0.5, 0.6) is 0 Å². The second-order valence-electron chi connectivity index (χ2n) is 2.72. The number of hydrogen-bond acceptors (Lipinski definition) is 3. The SMILES string of the molecule is C1CC2(CN1)COCO2. The fraction of sp³-hybridized carbons (Fsp3) is 1.00. The third-order valence-electron chi connectivity index (χ3n) is 2.02. The van der Waals surface area contributed by atoms with Crippen LogP contribution in [0, 0.1) is 0 Å². The standard InChI is InChI=1S/C6H11NO2/c1-2-7-3-6(1)4-8-5-9-6/h7H,1-5H2. The average molecular weight is 129 g/mol. The van der Waals surface area contributed by atoms with Gasteiger partial charge >= 0.3 is 0 Å². The lowest BCUT2D eigenvalue weighted by Gasteiger charge is -2.17. The van der Waals surface area contributed by atoms with E-state index >= 15 is 0 Å². The molecule has 2 saturated heterocycles. The van der Waals surface area contributed by atoms with Crippen LogP contribution < -0.4 is 5.32 Å². The van der Waals surface area contributed by atoms with Crippen LogP contribution in [0.15, 0.2) is 0 Å². The Labute approximate surface area is 54.3 Å². The zero-order chi connectivity index (χ0) is 6.16. The van der Waals surface area contributed by atoms with Gasteiger partial charge in [-0.2, -0.15) is 0 Å². The Morgan fingerprint density at radius 3 is 3.00 bits per heavy atom. The molecule has 1 spiro atoms. The summed E-state index contributed by atoms with van der Waals surface area (Å²) < 4.78 is 10.5. The molecule has 0 saturated carbocycles. The molecule has 2 aliphatic rings. The highest BCUT2D eigenvalue weighted by Crippen LogP contribution is 2.24. The maximum absolute atomic E-state index is 5.42. The lowest BCUT2D eigenvalue weighted by molar-refractivity contribution is 0.00309. The first-order valence-corrected chi connectivity index (χ1v) is 3.34. The summed E-state index contributed by atoms with van der Waals surface area (Å²) in [5.41, 5.74) is 0.0556. The van der Waals surface area contributed by atoms with Gasteiger partial charge in [0, 0.05) is 6.54 Å². The summed E-state index contributed by atoms with van der Waals surface area (Å²) in [6.45, 7) is 3.30. The molecule has 0 aromatic heterocycles. The van der Waals surface area contributed by atoms with Gasteiger partial charge in [-0.15, -0.1) is 0 Å². The summed E-state index contributed by atoms with van der Waals surface area (Å²) in [6.07, 6.45) is 1.10. The predicted octanol–water partition coefficient (Wildman–Crippen LogP) is -0.277. The van der Waals surface area contributed by atoms with Crippen LogP contribution in [0.4, 0.5) is 0 Å². The summed E-state index contributed by atoms with van der Waals surface area (Å²) in [7, 11) is 0. The van der Waals surface area contributed by atoms with Crippen molar-refractivity contribution in [3.8, 4) is 0 Å². The third kappa shape index (κ3) is 0.852. The fourth-order valence-corrected chi connectivity index (χ4v) is 1.40. The molecule has 1 N–H and O–H groups in total. The monoisotopic (exact) mass is 129 g/mol. The molecule has 1 unspecified atom stereocenters. The van der Waals surface area contributed by atoms with Gasteiger partial charge < -0.3 is 14.8 Å². The highest BCUT2D eigenvalue weighted by molar-refractivity contribution is 4.91. The highest BCUT2D eigenvalue weighted by atomic mass is 16.7. The van der Waals surface area contributed by atoms with Crippen molar-refractivity contribution >= 4 is 0 Å². The number of nitrogens with one attached hydrogen (secondary N) is 1. The van der Waals surface area contributed by atoms with E-state index in [9.17, 15) is 0 Å². The zero-order valence-electron chi connectivity index (χ0n) is 5.35. The molecule has 2 heterocycles. The molecular weight excluding hydrogens is 118 g/mol. The molecule has 3 heteroatoms. The van der Waals surface area contributed by atoms with E-state index in [4.69, 9.17) is 9.47 Å². The maximum atomic E-state index is 5.42. The van der Waals surface area contributed by atoms with E-state index < -0.39 is 0 Å². The topological polar surface area (TPSA) is 30.5 Å². The first kappa shape index (κ1) is 5.65. The van der Waals surface area contributed by atoms with Gasteiger partial charge in [-0.1, -0.05) is 0 Å². The van der Waals surface area contributed by atoms with Crippen LogP contribution in [0.2, 0.25) is 0 Å². The van der Waals surface area contributed by atoms with Crippen molar-refractivity contribution in [1.29, 1.82) is 0 Å². The average Bonchev–Trinajstić information content (AvgIpc) is 2.45. The number of rotatable bonds is 0. The second-order valence-corrected chi connectivity index (χ2v) is 2.72. The zero-order valence-corrected chi connectivity index (χ0v) is 5.35. The Kier molecular flexibility index (Phi) is 1.22. The molecule has 0 radical (unpaired) electrons. The highest BCUT2D eigenvalue weighted by Gasteiger charge is 2.38. The molecule has 9 heavy (non-hydrogen) atoms. The lowest BCUT2D eigenvalue weighted by Crippen LogP contribution is -2.33. The number of ether oxygens (including phenoxy) is 2. The summed E-state index contributed by atoms with van der Waals surface area (Å²) >= 11 is 0. The molecule has 52 valence electrons. The van der Waals surface area contributed by atoms with Crippen LogP contribution in [0.3, 0.4) is 0 Å². The van der Waals surface area contributed by atoms with Crippen LogP contribution >= 0.6 is 0 Å². The van der Waals surface area contributed by atoms with Crippen molar-refractivity contribution in [3.05, 3.63) is 0 Å². The van der Waals surface area contributed by atoms with Crippen molar-refractivity contribution in [2.45, 2.75) is 12.0 Å². The van der Waals surface area contributed by atoms with Gasteiger partial charge in [0.15, 0.2) is 0 Å². The van der Waals surface area contributed by atoms with Crippen LogP contribution in [0.1, 0.15) is 6.42 Å². The van der Waals surface area contributed by atoms with Crippen molar-refractivity contribution in [2.24, 2.45) is 0 Å². The van der Waals surface area contributed by atoms with E-state index in [2.05, 4.69) is 5.32 Å². The molecular formula is C6H11NO2. The molecule has 1 atom stereocenters. The molecule has 0 aromatic rings. The smallest absolute Gasteiger partial charge is 0.147 e. The Hall–Kier alpha value is -0.120. The van der Waals surface area contributed by atoms with Gasteiger partial charge in [-0.25, -0.2) is 0 Å². The largest absolute Gasteiger partial charge is 0.352 e. The van der Waals surface area contributed by atoms with E-state index in [0.717, 1.165) is 26.1 Å². The van der Waals surface area contributed by atoms with E-state index in [1.807, 2.05) is 0 Å². The molecule has 0 aliphatic carbocycles. The Morgan fingerprint density at radius 2 is 2.44 bits per heavy atom. The molecule has 3 nitrogen and oxygen atoms in total. The normalized spacial score (nSPS) is 42.7. The predicted molar refractivity (Wildman–Crippen MR) is 32.1 cm³/mol. The van der Waals surface area contributed by atoms with E-state index in [-0.39, 0.29) is 5.60 Å². The Morgan fingerprint density at radius 1 is 1.44 bits per heavy atom. The van der Waals surface area contributed by atoms with Gasteiger partial charge in [0.1, 0.15) is 12.4 Å². The molecule has 0 amide bonds. The summed E-state index contributed by atoms with van der Waals surface area (Å²) in [5.74, 6) is 0. The van der Waals surface area contributed by atoms with Crippen LogP contribution in [-0.2, 0) is 9.47 Å². The fourth-order valence-electron chi connectivity index (χ4n) is 1.40. The minimum absolute atomic E-state index is 0.0556. The van der Waals surface area contributed by atoms with Gasteiger partial charge in [-0.3, -0.25) is 0 Å². The van der Waals surface area contributed by atoms with Crippen molar-refractivity contribution in [3.63, 3.8) is 0 Å². The van der Waals surface area contributed by atoms with Crippen molar-refractivity contribution in [2.75, 3.05) is 26.5 Å². The minimum atomic E-state index is 0.0556. The second kappa shape index (κ2) is 1.94. The molecule has 0 bridgehead atoms. The number of hydrogen-bond donors (Lipinski definition) is 1. The Bertz CT molecular complexity index is 86.1. The molecule has 0 aromatic carbocycles. The van der Waals surface area contributed by atoms with Gasteiger partial charge in [-0.05, 0) is 13.0 Å². The van der Waals surface area contributed by atoms with Gasteiger partial charge in [0.05, 0.1) is 6.61 Å². The van der Waals surface area contributed by atoms with Crippen LogP contribution in [-0.4, -0.2) is 32.1 Å². The first-order valence-electron chi connectivity index (χ1n) is 3.34. The van der Waals surface area contributed by atoms with E-state index in [1.54, 1.807) is 0 Å². The van der Waals surface area contributed by atoms with Crippen LogP contribution in [0.25, 0.3) is 0 Å². The summed E-state index contributed by atoms with van der Waals surface area (Å²) in [5, 5.41) is 3.25. The molecule has 2 aliphatic heterocycles. The first-order chi connectivity index (χ1) is 4.41. The third-order valence-corrected chi connectivity index (χ3v) is 2.02. The Balaban J connectivity index is 2.04. The summed E-state index contributed by atoms with van der Waals surface area (Å²) in [4.78, 5) is 0. The summed E-state index contributed by atoms with van der Waals surface area (Å²) in [6, 6.07) is 0. The quantitative estimate of drug-likeness (QED) is 0.488. The van der Waals surface area contributed by atoms with Gasteiger partial charge in [0.2, 0.25) is 0 Å². The maximum Gasteiger partial charge on any atom is 0.147 e. The van der Waals surface area contributed by atoms with Crippen molar-refractivity contribution in [1.82, 2.24) is 5.32 Å². The molecule has 2 rings (SSSR count).